The number of benzene rings is 1. The van der Waals surface area contributed by atoms with E-state index < -0.39 is 0 Å². The van der Waals surface area contributed by atoms with Gasteiger partial charge in [0.25, 0.3) is 0 Å². The molecule has 1 aliphatic heterocycles. The number of piperidine rings is 1. The molecule has 1 aliphatic rings. The summed E-state index contributed by atoms with van der Waals surface area (Å²) in [6.07, 6.45) is 5.27. The highest BCUT2D eigenvalue weighted by atomic mass is 16.4. The standard InChI is InChI=1S/C16H20N4O/c1-11-6-4-5-9-20(11)15-12-7-2-3-8-14(12)18-10-13(15)16(17)19-21/h2-3,7-8,10-11,21H,4-6,9H2,1H3,(H2,17,19). The summed E-state index contributed by atoms with van der Waals surface area (Å²) in [6, 6.07) is 8.45. The van der Waals surface area contributed by atoms with Crippen LogP contribution in [0.25, 0.3) is 10.9 Å². The van der Waals surface area contributed by atoms with Crippen molar-refractivity contribution in [1.82, 2.24) is 4.98 Å². The second-order valence-corrected chi connectivity index (χ2v) is 5.56. The highest BCUT2D eigenvalue weighted by Gasteiger charge is 2.24. The topological polar surface area (TPSA) is 74.7 Å². The SMILES string of the molecule is CC1CCCCN1c1c(/C(N)=N/O)cnc2ccccc12. The Morgan fingerprint density at radius 3 is 2.95 bits per heavy atom. The first kappa shape index (κ1) is 13.7. The summed E-state index contributed by atoms with van der Waals surface area (Å²) in [7, 11) is 0. The molecular formula is C16H20N4O. The molecule has 0 radical (unpaired) electrons. The van der Waals surface area contributed by atoms with E-state index >= 15 is 0 Å². The monoisotopic (exact) mass is 284 g/mol. The van der Waals surface area contributed by atoms with Gasteiger partial charge in [0.15, 0.2) is 5.84 Å². The first-order chi connectivity index (χ1) is 10.2. The van der Waals surface area contributed by atoms with E-state index in [9.17, 15) is 0 Å². The first-order valence-corrected chi connectivity index (χ1v) is 7.34. The van der Waals surface area contributed by atoms with Crippen LogP contribution < -0.4 is 10.6 Å². The van der Waals surface area contributed by atoms with E-state index in [1.807, 2.05) is 24.3 Å². The largest absolute Gasteiger partial charge is 0.409 e. The Bertz CT molecular complexity index is 683. The normalized spacial score (nSPS) is 20.0. The molecule has 21 heavy (non-hydrogen) atoms. The van der Waals surface area contributed by atoms with Crippen molar-refractivity contribution in [1.29, 1.82) is 0 Å². The van der Waals surface area contributed by atoms with Crippen LogP contribution in [0.15, 0.2) is 35.6 Å². The van der Waals surface area contributed by atoms with Gasteiger partial charge in [-0.2, -0.15) is 0 Å². The van der Waals surface area contributed by atoms with Crippen LogP contribution in [0.1, 0.15) is 31.7 Å². The summed E-state index contributed by atoms with van der Waals surface area (Å²) in [5.41, 5.74) is 8.53. The number of para-hydroxylation sites is 1. The highest BCUT2D eigenvalue weighted by molar-refractivity contribution is 6.08. The van der Waals surface area contributed by atoms with Gasteiger partial charge in [-0.15, -0.1) is 0 Å². The van der Waals surface area contributed by atoms with Crippen molar-refractivity contribution in [2.75, 3.05) is 11.4 Å². The molecule has 1 atom stereocenters. The third-order valence-electron chi connectivity index (χ3n) is 4.22. The van der Waals surface area contributed by atoms with Gasteiger partial charge in [-0.25, -0.2) is 0 Å². The van der Waals surface area contributed by atoms with Crippen LogP contribution in [-0.4, -0.2) is 28.6 Å². The summed E-state index contributed by atoms with van der Waals surface area (Å²) >= 11 is 0. The molecule has 1 fully saturated rings. The first-order valence-electron chi connectivity index (χ1n) is 7.34. The third kappa shape index (κ3) is 2.39. The molecule has 2 aromatic rings. The predicted octanol–water partition coefficient (Wildman–Crippen LogP) is 2.71. The van der Waals surface area contributed by atoms with Crippen molar-refractivity contribution >= 4 is 22.4 Å². The zero-order valence-electron chi connectivity index (χ0n) is 12.2. The van der Waals surface area contributed by atoms with Crippen LogP contribution in [-0.2, 0) is 0 Å². The van der Waals surface area contributed by atoms with E-state index in [1.54, 1.807) is 6.20 Å². The molecule has 2 heterocycles. The number of aromatic nitrogens is 1. The molecule has 5 nitrogen and oxygen atoms in total. The van der Waals surface area contributed by atoms with E-state index in [0.717, 1.165) is 36.0 Å². The van der Waals surface area contributed by atoms with Gasteiger partial charge in [-0.05, 0) is 32.3 Å². The van der Waals surface area contributed by atoms with Crippen molar-refractivity contribution < 1.29 is 5.21 Å². The van der Waals surface area contributed by atoms with Crippen molar-refractivity contribution in [3.63, 3.8) is 0 Å². The van der Waals surface area contributed by atoms with Crippen LogP contribution in [0.4, 0.5) is 5.69 Å². The number of nitrogens with two attached hydrogens (primary N) is 1. The van der Waals surface area contributed by atoms with Gasteiger partial charge in [-0.1, -0.05) is 23.4 Å². The van der Waals surface area contributed by atoms with Crippen molar-refractivity contribution in [2.24, 2.45) is 10.9 Å². The molecule has 0 saturated carbocycles. The molecule has 0 spiro atoms. The fraction of sp³-hybridized carbons (Fsp3) is 0.375. The molecule has 3 rings (SSSR count). The third-order valence-corrected chi connectivity index (χ3v) is 4.22. The molecular weight excluding hydrogens is 264 g/mol. The number of pyridine rings is 1. The van der Waals surface area contributed by atoms with E-state index in [-0.39, 0.29) is 5.84 Å². The Labute approximate surface area is 124 Å². The number of anilines is 1. The van der Waals surface area contributed by atoms with Crippen LogP contribution in [0.2, 0.25) is 0 Å². The number of oxime groups is 1. The van der Waals surface area contributed by atoms with Crippen molar-refractivity contribution in [3.8, 4) is 0 Å². The Balaban J connectivity index is 2.25. The Morgan fingerprint density at radius 1 is 1.38 bits per heavy atom. The van der Waals surface area contributed by atoms with Gasteiger partial charge in [0.05, 0.1) is 16.8 Å². The smallest absolute Gasteiger partial charge is 0.173 e. The maximum absolute atomic E-state index is 9.07. The maximum Gasteiger partial charge on any atom is 0.173 e. The van der Waals surface area contributed by atoms with Crippen molar-refractivity contribution in [3.05, 3.63) is 36.0 Å². The fourth-order valence-corrected chi connectivity index (χ4v) is 3.11. The molecule has 0 bridgehead atoms. The van der Waals surface area contributed by atoms with Gasteiger partial charge in [0.2, 0.25) is 0 Å². The Hall–Kier alpha value is -2.30. The van der Waals surface area contributed by atoms with Gasteiger partial charge in [0, 0.05) is 24.2 Å². The van der Waals surface area contributed by atoms with Crippen LogP contribution in [0.3, 0.4) is 0 Å². The second kappa shape index (κ2) is 5.60. The average molecular weight is 284 g/mol. The molecule has 1 saturated heterocycles. The lowest BCUT2D eigenvalue weighted by molar-refractivity contribution is 0.318. The van der Waals surface area contributed by atoms with Gasteiger partial charge < -0.3 is 15.8 Å². The molecule has 0 amide bonds. The predicted molar refractivity (Wildman–Crippen MR) is 84.9 cm³/mol. The fourth-order valence-electron chi connectivity index (χ4n) is 3.11. The Morgan fingerprint density at radius 2 is 2.19 bits per heavy atom. The zero-order valence-corrected chi connectivity index (χ0v) is 12.2. The zero-order chi connectivity index (χ0) is 14.8. The number of nitrogens with zero attached hydrogens (tertiary/aromatic N) is 3. The molecule has 5 heteroatoms. The quantitative estimate of drug-likeness (QED) is 0.385. The van der Waals surface area contributed by atoms with Crippen molar-refractivity contribution in [2.45, 2.75) is 32.2 Å². The number of fused-ring (bicyclic) bond motifs is 1. The van der Waals surface area contributed by atoms with Crippen LogP contribution in [0, 0.1) is 0 Å². The number of rotatable bonds is 2. The van der Waals surface area contributed by atoms with Gasteiger partial charge in [-0.3, -0.25) is 4.98 Å². The lowest BCUT2D eigenvalue weighted by Gasteiger charge is -2.37. The van der Waals surface area contributed by atoms with Gasteiger partial charge in [0.1, 0.15) is 0 Å². The molecule has 1 aromatic heterocycles. The van der Waals surface area contributed by atoms with E-state index in [2.05, 4.69) is 22.0 Å². The number of hydrogen-bond acceptors (Lipinski definition) is 4. The molecule has 1 unspecified atom stereocenters. The van der Waals surface area contributed by atoms with Crippen LogP contribution in [0.5, 0.6) is 0 Å². The highest BCUT2D eigenvalue weighted by Crippen LogP contribution is 2.33. The minimum atomic E-state index is 0.112. The number of amidine groups is 1. The summed E-state index contributed by atoms with van der Waals surface area (Å²) < 4.78 is 0. The minimum Gasteiger partial charge on any atom is -0.409 e. The lowest BCUT2D eigenvalue weighted by Crippen LogP contribution is -2.39. The summed E-state index contributed by atoms with van der Waals surface area (Å²) in [4.78, 5) is 6.79. The minimum absolute atomic E-state index is 0.112. The lowest BCUT2D eigenvalue weighted by atomic mass is 9.99. The Kier molecular flexibility index (Phi) is 3.64. The van der Waals surface area contributed by atoms with E-state index in [0.29, 0.717) is 11.6 Å². The second-order valence-electron chi connectivity index (χ2n) is 5.56. The summed E-state index contributed by atoms with van der Waals surface area (Å²) in [5.74, 6) is 0.112. The molecule has 3 N–H and O–H groups in total. The molecule has 110 valence electrons. The molecule has 1 aromatic carbocycles. The average Bonchev–Trinajstić information content (AvgIpc) is 2.54. The summed E-state index contributed by atoms with van der Waals surface area (Å²) in [6.45, 7) is 3.21. The molecule has 0 aliphatic carbocycles. The van der Waals surface area contributed by atoms with Crippen LogP contribution >= 0.6 is 0 Å². The summed E-state index contributed by atoms with van der Waals surface area (Å²) in [5, 5.41) is 13.3. The maximum atomic E-state index is 9.07. The van der Waals surface area contributed by atoms with E-state index in [4.69, 9.17) is 10.9 Å². The number of hydrogen-bond donors (Lipinski definition) is 2. The van der Waals surface area contributed by atoms with Gasteiger partial charge >= 0.3 is 0 Å². The van der Waals surface area contributed by atoms with E-state index in [1.165, 1.54) is 6.42 Å².